The van der Waals surface area contributed by atoms with E-state index in [1.165, 1.54) is 18.2 Å². The van der Waals surface area contributed by atoms with Crippen LogP contribution in [0.3, 0.4) is 0 Å². The maximum absolute atomic E-state index is 11.8. The van der Waals surface area contributed by atoms with E-state index in [2.05, 4.69) is 15.9 Å². The van der Waals surface area contributed by atoms with Gasteiger partial charge >= 0.3 is 12.1 Å². The van der Waals surface area contributed by atoms with Gasteiger partial charge in [-0.05, 0) is 34.1 Å². The van der Waals surface area contributed by atoms with Crippen molar-refractivity contribution >= 4 is 21.9 Å². The van der Waals surface area contributed by atoms with Gasteiger partial charge < -0.3 is 9.84 Å². The van der Waals surface area contributed by atoms with Gasteiger partial charge in [0.2, 0.25) is 0 Å². The lowest BCUT2D eigenvalue weighted by atomic mass is 10.2. The van der Waals surface area contributed by atoms with E-state index in [9.17, 15) is 18.0 Å². The number of ether oxygens (including phenoxy) is 1. The SMILES string of the molecule is O=C(O)c1ccc(OCCC(F)(F)F)cc1Br. The third-order valence-electron chi connectivity index (χ3n) is 1.83. The van der Waals surface area contributed by atoms with Crippen LogP contribution >= 0.6 is 15.9 Å². The molecule has 0 amide bonds. The number of rotatable bonds is 4. The first-order chi connectivity index (χ1) is 7.79. The van der Waals surface area contributed by atoms with Crippen LogP contribution in [0.15, 0.2) is 22.7 Å². The Labute approximate surface area is 103 Å². The smallest absolute Gasteiger partial charge is 0.392 e. The van der Waals surface area contributed by atoms with Gasteiger partial charge in [-0.25, -0.2) is 4.79 Å². The lowest BCUT2D eigenvalue weighted by Gasteiger charge is -2.09. The zero-order valence-corrected chi connectivity index (χ0v) is 10.0. The van der Waals surface area contributed by atoms with Crippen LogP contribution in [0.1, 0.15) is 16.8 Å². The highest BCUT2D eigenvalue weighted by Crippen LogP contribution is 2.24. The Morgan fingerprint density at radius 1 is 1.41 bits per heavy atom. The molecule has 0 spiro atoms. The van der Waals surface area contributed by atoms with Gasteiger partial charge in [-0.15, -0.1) is 0 Å². The van der Waals surface area contributed by atoms with E-state index in [1.54, 1.807) is 0 Å². The Hall–Kier alpha value is -1.24. The Kier molecular flexibility index (Phi) is 4.39. The summed E-state index contributed by atoms with van der Waals surface area (Å²) in [5.74, 6) is -0.940. The molecule has 17 heavy (non-hydrogen) atoms. The summed E-state index contributed by atoms with van der Waals surface area (Å²) in [5, 5.41) is 8.72. The number of hydrogen-bond donors (Lipinski definition) is 1. The fraction of sp³-hybridized carbons (Fsp3) is 0.300. The third kappa shape index (κ3) is 4.64. The van der Waals surface area contributed by atoms with Crippen LogP contribution in [0.25, 0.3) is 0 Å². The zero-order valence-electron chi connectivity index (χ0n) is 8.42. The van der Waals surface area contributed by atoms with Crippen molar-refractivity contribution < 1.29 is 27.8 Å². The molecule has 0 radical (unpaired) electrons. The molecule has 0 saturated heterocycles. The van der Waals surface area contributed by atoms with Crippen molar-refractivity contribution in [3.05, 3.63) is 28.2 Å². The summed E-state index contributed by atoms with van der Waals surface area (Å²) in [4.78, 5) is 10.7. The summed E-state index contributed by atoms with van der Waals surface area (Å²) >= 11 is 3.00. The lowest BCUT2D eigenvalue weighted by Crippen LogP contribution is -2.13. The van der Waals surface area contributed by atoms with Crippen LogP contribution in [-0.4, -0.2) is 23.9 Å². The van der Waals surface area contributed by atoms with Crippen molar-refractivity contribution in [2.45, 2.75) is 12.6 Å². The number of aromatic carboxylic acids is 1. The van der Waals surface area contributed by atoms with Gasteiger partial charge in [0.1, 0.15) is 5.75 Å². The normalized spacial score (nSPS) is 11.3. The summed E-state index contributed by atoms with van der Waals surface area (Å²) in [6, 6.07) is 3.89. The molecule has 1 aromatic rings. The fourth-order valence-corrected chi connectivity index (χ4v) is 1.57. The summed E-state index contributed by atoms with van der Waals surface area (Å²) in [6.45, 7) is -0.498. The summed E-state index contributed by atoms with van der Waals surface area (Å²) in [7, 11) is 0. The topological polar surface area (TPSA) is 46.5 Å². The van der Waals surface area contributed by atoms with E-state index >= 15 is 0 Å². The van der Waals surface area contributed by atoms with Crippen molar-refractivity contribution in [2.24, 2.45) is 0 Å². The van der Waals surface area contributed by atoms with E-state index in [4.69, 9.17) is 9.84 Å². The average Bonchev–Trinajstić information content (AvgIpc) is 2.15. The Morgan fingerprint density at radius 3 is 2.53 bits per heavy atom. The number of hydrogen-bond acceptors (Lipinski definition) is 2. The minimum atomic E-state index is -4.27. The molecule has 7 heteroatoms. The van der Waals surface area contributed by atoms with E-state index in [-0.39, 0.29) is 15.8 Å². The molecule has 0 bridgehead atoms. The molecule has 0 aliphatic heterocycles. The predicted molar refractivity (Wildman–Crippen MR) is 57.3 cm³/mol. The molecule has 0 heterocycles. The van der Waals surface area contributed by atoms with Gasteiger partial charge in [-0.2, -0.15) is 13.2 Å². The van der Waals surface area contributed by atoms with E-state index in [1.807, 2.05) is 0 Å². The monoisotopic (exact) mass is 312 g/mol. The molecule has 1 rings (SSSR count). The molecular formula is C10H8BrF3O3. The maximum Gasteiger partial charge on any atom is 0.392 e. The molecule has 0 aliphatic rings. The largest absolute Gasteiger partial charge is 0.493 e. The molecule has 1 aromatic carbocycles. The fourth-order valence-electron chi connectivity index (χ4n) is 1.04. The number of benzene rings is 1. The first-order valence-corrected chi connectivity index (χ1v) is 5.31. The maximum atomic E-state index is 11.8. The second-order valence-electron chi connectivity index (χ2n) is 3.16. The van der Waals surface area contributed by atoms with Crippen molar-refractivity contribution in [2.75, 3.05) is 6.61 Å². The van der Waals surface area contributed by atoms with Gasteiger partial charge in [0.15, 0.2) is 0 Å². The molecule has 0 aromatic heterocycles. The minimum Gasteiger partial charge on any atom is -0.493 e. The quantitative estimate of drug-likeness (QED) is 0.926. The summed E-state index contributed by atoms with van der Waals surface area (Å²) in [5.41, 5.74) is 0.0215. The number of carboxylic acids is 1. The van der Waals surface area contributed by atoms with Crippen LogP contribution in [-0.2, 0) is 0 Å². The Morgan fingerprint density at radius 2 is 2.06 bits per heavy atom. The standard InChI is InChI=1S/C10H8BrF3O3/c11-8-5-6(1-2-7(8)9(15)16)17-4-3-10(12,13)14/h1-2,5H,3-4H2,(H,15,16). The summed E-state index contributed by atoms with van der Waals surface area (Å²) < 4.78 is 40.6. The molecule has 0 saturated carbocycles. The molecular weight excluding hydrogens is 305 g/mol. The van der Waals surface area contributed by atoms with Gasteiger partial charge in [-0.3, -0.25) is 0 Å². The summed E-state index contributed by atoms with van der Waals surface area (Å²) in [6.07, 6.45) is -5.32. The first kappa shape index (κ1) is 13.8. The molecule has 94 valence electrons. The zero-order chi connectivity index (χ0) is 13.1. The highest BCUT2D eigenvalue weighted by Gasteiger charge is 2.26. The predicted octanol–water partition coefficient (Wildman–Crippen LogP) is 3.48. The van der Waals surface area contributed by atoms with Gasteiger partial charge in [0.05, 0.1) is 18.6 Å². The molecule has 0 unspecified atom stereocenters. The lowest BCUT2D eigenvalue weighted by molar-refractivity contribution is -0.139. The van der Waals surface area contributed by atoms with Crippen LogP contribution in [0.2, 0.25) is 0 Å². The highest BCUT2D eigenvalue weighted by molar-refractivity contribution is 9.10. The Bertz CT molecular complexity index is 418. The van der Waals surface area contributed by atoms with Crippen LogP contribution in [0.5, 0.6) is 5.75 Å². The molecule has 3 nitrogen and oxygen atoms in total. The molecule has 0 atom stereocenters. The molecule has 1 N–H and O–H groups in total. The minimum absolute atomic E-state index is 0.0215. The van der Waals surface area contributed by atoms with Crippen LogP contribution in [0.4, 0.5) is 13.2 Å². The number of alkyl halides is 3. The molecule has 0 aliphatic carbocycles. The second-order valence-corrected chi connectivity index (χ2v) is 4.01. The van der Waals surface area contributed by atoms with Crippen molar-refractivity contribution in [1.82, 2.24) is 0 Å². The van der Waals surface area contributed by atoms with E-state index in [0.29, 0.717) is 0 Å². The second kappa shape index (κ2) is 5.39. The third-order valence-corrected chi connectivity index (χ3v) is 2.48. The number of carbonyl (C=O) groups is 1. The number of carboxylic acid groups (broad SMARTS) is 1. The van der Waals surface area contributed by atoms with E-state index in [0.717, 1.165) is 0 Å². The molecule has 0 fully saturated rings. The van der Waals surface area contributed by atoms with Crippen LogP contribution < -0.4 is 4.74 Å². The number of halogens is 4. The van der Waals surface area contributed by atoms with Crippen LogP contribution in [0, 0.1) is 0 Å². The average molecular weight is 313 g/mol. The van der Waals surface area contributed by atoms with Gasteiger partial charge in [-0.1, -0.05) is 0 Å². The van der Waals surface area contributed by atoms with Crippen molar-refractivity contribution in [3.8, 4) is 5.75 Å². The highest BCUT2D eigenvalue weighted by atomic mass is 79.9. The Balaban J connectivity index is 2.62. The van der Waals surface area contributed by atoms with Gasteiger partial charge in [0.25, 0.3) is 0 Å². The van der Waals surface area contributed by atoms with Gasteiger partial charge in [0, 0.05) is 4.47 Å². The van der Waals surface area contributed by atoms with Crippen molar-refractivity contribution in [1.29, 1.82) is 0 Å². The van der Waals surface area contributed by atoms with Crippen molar-refractivity contribution in [3.63, 3.8) is 0 Å². The first-order valence-electron chi connectivity index (χ1n) is 4.52. The van der Waals surface area contributed by atoms with E-state index < -0.39 is 25.2 Å².